The van der Waals surface area contributed by atoms with Crippen LogP contribution in [0.15, 0.2) is 18.2 Å². The summed E-state index contributed by atoms with van der Waals surface area (Å²) in [4.78, 5) is 2.53. The van der Waals surface area contributed by atoms with Gasteiger partial charge in [-0.3, -0.25) is 0 Å². The van der Waals surface area contributed by atoms with Crippen LogP contribution in [0.5, 0.6) is 5.75 Å². The maximum atomic E-state index is 5.80. The van der Waals surface area contributed by atoms with Crippen molar-refractivity contribution in [3.05, 3.63) is 29.3 Å². The second-order valence-electron chi connectivity index (χ2n) is 5.07. The summed E-state index contributed by atoms with van der Waals surface area (Å²) in [6, 6.07) is 6.41. The van der Waals surface area contributed by atoms with Gasteiger partial charge in [0.05, 0.1) is 6.61 Å². The first-order valence-corrected chi connectivity index (χ1v) is 6.67. The highest BCUT2D eigenvalue weighted by Gasteiger charge is 2.10. The quantitative estimate of drug-likeness (QED) is 0.724. The van der Waals surface area contributed by atoms with Crippen molar-refractivity contribution in [3.8, 4) is 5.75 Å². The molecule has 0 aliphatic carbocycles. The number of aryl methyl sites for hydroxylation is 2. The summed E-state index contributed by atoms with van der Waals surface area (Å²) >= 11 is 0. The number of hydrogen-bond donors (Lipinski definition) is 0. The molecule has 0 N–H and O–H groups in total. The average molecular weight is 233 g/mol. The zero-order valence-corrected chi connectivity index (χ0v) is 11.0. The first kappa shape index (κ1) is 12.4. The average Bonchev–Trinajstić information content (AvgIpc) is 2.76. The van der Waals surface area contributed by atoms with Crippen LogP contribution in [0.2, 0.25) is 0 Å². The van der Waals surface area contributed by atoms with E-state index >= 15 is 0 Å². The lowest BCUT2D eigenvalue weighted by atomic mass is 10.1. The van der Waals surface area contributed by atoms with Gasteiger partial charge in [0.15, 0.2) is 0 Å². The molecule has 94 valence electrons. The summed E-state index contributed by atoms with van der Waals surface area (Å²) in [7, 11) is 0. The van der Waals surface area contributed by atoms with Gasteiger partial charge >= 0.3 is 0 Å². The van der Waals surface area contributed by atoms with E-state index in [0.29, 0.717) is 0 Å². The van der Waals surface area contributed by atoms with E-state index in [0.717, 1.165) is 18.8 Å². The van der Waals surface area contributed by atoms with Crippen LogP contribution in [0, 0.1) is 13.8 Å². The third-order valence-corrected chi connectivity index (χ3v) is 3.28. The SMILES string of the molecule is Cc1cc(C)cc(OCCCN2CCCC2)c1. The Labute approximate surface area is 105 Å². The van der Waals surface area contributed by atoms with Crippen molar-refractivity contribution in [2.75, 3.05) is 26.2 Å². The fourth-order valence-electron chi connectivity index (χ4n) is 2.50. The second-order valence-corrected chi connectivity index (χ2v) is 5.07. The lowest BCUT2D eigenvalue weighted by Crippen LogP contribution is -2.21. The van der Waals surface area contributed by atoms with Crippen molar-refractivity contribution in [3.63, 3.8) is 0 Å². The van der Waals surface area contributed by atoms with Crippen molar-refractivity contribution in [2.24, 2.45) is 0 Å². The van der Waals surface area contributed by atoms with Crippen molar-refractivity contribution < 1.29 is 4.74 Å². The van der Waals surface area contributed by atoms with Gasteiger partial charge in [-0.15, -0.1) is 0 Å². The van der Waals surface area contributed by atoms with E-state index in [2.05, 4.69) is 36.9 Å². The predicted molar refractivity (Wildman–Crippen MR) is 71.7 cm³/mol. The Bertz CT molecular complexity index is 336. The number of ether oxygens (including phenoxy) is 1. The van der Waals surface area contributed by atoms with E-state index in [1.807, 2.05) is 0 Å². The van der Waals surface area contributed by atoms with Crippen LogP contribution in [-0.4, -0.2) is 31.1 Å². The number of likely N-dealkylation sites (tertiary alicyclic amines) is 1. The summed E-state index contributed by atoms with van der Waals surface area (Å²) in [6.45, 7) is 8.81. The minimum absolute atomic E-state index is 0.833. The molecule has 0 radical (unpaired) electrons. The molecule has 1 fully saturated rings. The smallest absolute Gasteiger partial charge is 0.119 e. The van der Waals surface area contributed by atoms with Crippen LogP contribution in [-0.2, 0) is 0 Å². The van der Waals surface area contributed by atoms with E-state index in [-0.39, 0.29) is 0 Å². The Balaban J connectivity index is 1.70. The zero-order chi connectivity index (χ0) is 12.1. The predicted octanol–water partition coefficient (Wildman–Crippen LogP) is 3.17. The molecule has 0 atom stereocenters. The van der Waals surface area contributed by atoms with Gasteiger partial charge in [-0.25, -0.2) is 0 Å². The third-order valence-electron chi connectivity index (χ3n) is 3.28. The van der Waals surface area contributed by atoms with Gasteiger partial charge in [-0.2, -0.15) is 0 Å². The summed E-state index contributed by atoms with van der Waals surface area (Å²) in [5.41, 5.74) is 2.55. The Morgan fingerprint density at radius 2 is 1.71 bits per heavy atom. The van der Waals surface area contributed by atoms with Gasteiger partial charge in [0.1, 0.15) is 5.75 Å². The minimum atomic E-state index is 0.833. The van der Waals surface area contributed by atoms with E-state index < -0.39 is 0 Å². The largest absolute Gasteiger partial charge is 0.494 e. The summed E-state index contributed by atoms with van der Waals surface area (Å²) in [5.74, 6) is 1.02. The number of rotatable bonds is 5. The van der Waals surface area contributed by atoms with Gasteiger partial charge in [-0.1, -0.05) is 6.07 Å². The molecule has 2 rings (SSSR count). The monoisotopic (exact) mass is 233 g/mol. The Kier molecular flexibility index (Phi) is 4.43. The molecule has 17 heavy (non-hydrogen) atoms. The van der Waals surface area contributed by atoms with Crippen molar-refractivity contribution in [1.29, 1.82) is 0 Å². The molecular formula is C15H23NO. The second kappa shape index (κ2) is 6.06. The Morgan fingerprint density at radius 1 is 1.06 bits per heavy atom. The Morgan fingerprint density at radius 3 is 2.35 bits per heavy atom. The zero-order valence-electron chi connectivity index (χ0n) is 11.0. The first-order valence-electron chi connectivity index (χ1n) is 6.67. The molecule has 2 nitrogen and oxygen atoms in total. The number of hydrogen-bond acceptors (Lipinski definition) is 2. The molecule has 1 aliphatic rings. The van der Waals surface area contributed by atoms with E-state index in [4.69, 9.17) is 4.74 Å². The molecule has 2 heteroatoms. The van der Waals surface area contributed by atoms with Crippen LogP contribution in [0.1, 0.15) is 30.4 Å². The maximum Gasteiger partial charge on any atom is 0.119 e. The van der Waals surface area contributed by atoms with Crippen LogP contribution < -0.4 is 4.74 Å². The Hall–Kier alpha value is -1.02. The number of nitrogens with zero attached hydrogens (tertiary/aromatic N) is 1. The lowest BCUT2D eigenvalue weighted by molar-refractivity contribution is 0.263. The normalized spacial score (nSPS) is 16.4. The van der Waals surface area contributed by atoms with E-state index in [1.54, 1.807) is 0 Å². The summed E-state index contributed by atoms with van der Waals surface area (Å²) in [5, 5.41) is 0. The highest BCUT2D eigenvalue weighted by Crippen LogP contribution is 2.16. The van der Waals surface area contributed by atoms with Crippen LogP contribution in [0.4, 0.5) is 0 Å². The van der Waals surface area contributed by atoms with Gasteiger partial charge in [0, 0.05) is 6.54 Å². The third kappa shape index (κ3) is 4.04. The highest BCUT2D eigenvalue weighted by molar-refractivity contribution is 5.32. The molecule has 0 bridgehead atoms. The molecule has 0 spiro atoms. The fourth-order valence-corrected chi connectivity index (χ4v) is 2.50. The molecule has 1 aromatic rings. The molecule has 1 aliphatic heterocycles. The van der Waals surface area contributed by atoms with Gasteiger partial charge in [-0.05, 0) is 69.5 Å². The lowest BCUT2D eigenvalue weighted by Gasteiger charge is -2.14. The van der Waals surface area contributed by atoms with Crippen molar-refractivity contribution in [2.45, 2.75) is 33.1 Å². The van der Waals surface area contributed by atoms with E-state index in [9.17, 15) is 0 Å². The topological polar surface area (TPSA) is 12.5 Å². The summed E-state index contributed by atoms with van der Waals surface area (Å²) < 4.78 is 5.80. The fraction of sp³-hybridized carbons (Fsp3) is 0.600. The van der Waals surface area contributed by atoms with Crippen LogP contribution in [0.25, 0.3) is 0 Å². The molecule has 0 amide bonds. The molecule has 0 aromatic heterocycles. The van der Waals surface area contributed by atoms with Gasteiger partial charge in [0.25, 0.3) is 0 Å². The standard InChI is InChI=1S/C15H23NO/c1-13-10-14(2)12-15(11-13)17-9-5-8-16-6-3-4-7-16/h10-12H,3-9H2,1-2H3. The molecule has 0 saturated carbocycles. The molecule has 0 unspecified atom stereocenters. The van der Waals surface area contributed by atoms with Crippen LogP contribution in [0.3, 0.4) is 0 Å². The minimum Gasteiger partial charge on any atom is -0.494 e. The first-order chi connectivity index (χ1) is 8.24. The van der Waals surface area contributed by atoms with Gasteiger partial charge < -0.3 is 9.64 Å². The maximum absolute atomic E-state index is 5.80. The van der Waals surface area contributed by atoms with Crippen molar-refractivity contribution in [1.82, 2.24) is 4.90 Å². The molecular weight excluding hydrogens is 210 g/mol. The summed E-state index contributed by atoms with van der Waals surface area (Å²) in [6.07, 6.45) is 3.88. The molecule has 1 aromatic carbocycles. The molecule has 1 saturated heterocycles. The number of benzene rings is 1. The van der Waals surface area contributed by atoms with Crippen molar-refractivity contribution >= 4 is 0 Å². The van der Waals surface area contributed by atoms with E-state index in [1.165, 1.54) is 43.6 Å². The van der Waals surface area contributed by atoms with Crippen LogP contribution >= 0.6 is 0 Å². The molecule has 1 heterocycles. The highest BCUT2D eigenvalue weighted by atomic mass is 16.5. The van der Waals surface area contributed by atoms with Gasteiger partial charge in [0.2, 0.25) is 0 Å².